The first kappa shape index (κ1) is 11.3. The summed E-state index contributed by atoms with van der Waals surface area (Å²) in [6, 6.07) is 1.61. The minimum Gasteiger partial charge on any atom is -0.477 e. The van der Waals surface area contributed by atoms with E-state index < -0.39 is 0 Å². The van der Waals surface area contributed by atoms with Gasteiger partial charge in [0.1, 0.15) is 18.2 Å². The third-order valence-electron chi connectivity index (χ3n) is 1.74. The molecule has 4 nitrogen and oxygen atoms in total. The average molecular weight is 205 g/mol. The summed E-state index contributed by atoms with van der Waals surface area (Å²) in [7, 11) is 0. The Morgan fingerprint density at radius 3 is 3.00 bits per heavy atom. The van der Waals surface area contributed by atoms with E-state index in [0.717, 1.165) is 12.8 Å². The smallest absolute Gasteiger partial charge is 0.218 e. The van der Waals surface area contributed by atoms with Crippen molar-refractivity contribution in [3.05, 3.63) is 11.9 Å². The van der Waals surface area contributed by atoms with Crippen LogP contribution in [-0.2, 0) is 6.42 Å². The van der Waals surface area contributed by atoms with Gasteiger partial charge in [-0.15, -0.1) is 12.3 Å². The Balaban J connectivity index is 2.67. The minimum atomic E-state index is 0.434. The predicted octanol–water partition coefficient (Wildman–Crippen LogP) is 1.41. The minimum absolute atomic E-state index is 0.434. The highest BCUT2D eigenvalue weighted by Crippen LogP contribution is 2.12. The van der Waals surface area contributed by atoms with E-state index in [0.29, 0.717) is 30.5 Å². The summed E-state index contributed by atoms with van der Waals surface area (Å²) in [5.41, 5.74) is 5.62. The molecule has 0 aliphatic heterocycles. The number of hydrogen-bond donors (Lipinski definition) is 1. The van der Waals surface area contributed by atoms with Gasteiger partial charge in [0.05, 0.1) is 0 Å². The lowest BCUT2D eigenvalue weighted by molar-refractivity contribution is 0.313. The molecule has 0 bridgehead atoms. The lowest BCUT2D eigenvalue weighted by Crippen LogP contribution is -2.04. The lowest BCUT2D eigenvalue weighted by Gasteiger charge is -2.05. The monoisotopic (exact) mass is 205 g/mol. The Bertz CT molecular complexity index is 357. The van der Waals surface area contributed by atoms with Gasteiger partial charge in [0, 0.05) is 18.9 Å². The van der Waals surface area contributed by atoms with Crippen molar-refractivity contribution in [2.24, 2.45) is 0 Å². The number of ether oxygens (including phenoxy) is 1. The van der Waals surface area contributed by atoms with Gasteiger partial charge in [-0.2, -0.15) is 4.98 Å². The van der Waals surface area contributed by atoms with Crippen LogP contribution >= 0.6 is 0 Å². The van der Waals surface area contributed by atoms with E-state index >= 15 is 0 Å². The molecule has 0 atom stereocenters. The maximum absolute atomic E-state index is 5.62. The van der Waals surface area contributed by atoms with Crippen LogP contribution in [0.4, 0.5) is 5.82 Å². The van der Waals surface area contributed by atoms with Gasteiger partial charge in [0.15, 0.2) is 0 Å². The zero-order chi connectivity index (χ0) is 11.1. The molecule has 1 aromatic rings. The molecule has 80 valence electrons. The second kappa shape index (κ2) is 5.86. The number of terminal acetylenes is 1. The summed E-state index contributed by atoms with van der Waals surface area (Å²) < 4.78 is 5.34. The molecule has 0 radical (unpaired) electrons. The van der Waals surface area contributed by atoms with Crippen molar-refractivity contribution < 1.29 is 4.74 Å². The molecule has 0 unspecified atom stereocenters. The SMILES string of the molecule is C#CCCOc1cc(N)nc(CCC)n1. The van der Waals surface area contributed by atoms with Gasteiger partial charge in [0.25, 0.3) is 0 Å². The van der Waals surface area contributed by atoms with Gasteiger partial charge in [-0.05, 0) is 6.42 Å². The third-order valence-corrected chi connectivity index (χ3v) is 1.74. The molecule has 2 N–H and O–H groups in total. The fourth-order valence-electron chi connectivity index (χ4n) is 1.12. The molecule has 0 aromatic carbocycles. The Morgan fingerprint density at radius 2 is 2.33 bits per heavy atom. The normalized spacial score (nSPS) is 9.60. The van der Waals surface area contributed by atoms with Gasteiger partial charge >= 0.3 is 0 Å². The summed E-state index contributed by atoms with van der Waals surface area (Å²) >= 11 is 0. The van der Waals surface area contributed by atoms with Crippen molar-refractivity contribution in [3.63, 3.8) is 0 Å². The molecule has 0 spiro atoms. The summed E-state index contributed by atoms with van der Waals surface area (Å²) in [5, 5.41) is 0. The highest BCUT2D eigenvalue weighted by atomic mass is 16.5. The zero-order valence-electron chi connectivity index (χ0n) is 8.86. The van der Waals surface area contributed by atoms with Crippen LogP contribution in [-0.4, -0.2) is 16.6 Å². The number of rotatable bonds is 5. The van der Waals surface area contributed by atoms with Crippen molar-refractivity contribution in [2.75, 3.05) is 12.3 Å². The van der Waals surface area contributed by atoms with Crippen LogP contribution in [0.3, 0.4) is 0 Å². The fraction of sp³-hybridized carbons (Fsp3) is 0.455. The van der Waals surface area contributed by atoms with Crippen molar-refractivity contribution in [1.82, 2.24) is 9.97 Å². The number of nitrogen functional groups attached to an aromatic ring is 1. The quantitative estimate of drug-likeness (QED) is 0.583. The predicted molar refractivity (Wildman–Crippen MR) is 59.4 cm³/mol. The first-order chi connectivity index (χ1) is 7.26. The average Bonchev–Trinajstić information content (AvgIpc) is 2.18. The molecule has 1 rings (SSSR count). The molecule has 0 aliphatic carbocycles. The van der Waals surface area contributed by atoms with Gasteiger partial charge in [0.2, 0.25) is 5.88 Å². The van der Waals surface area contributed by atoms with Gasteiger partial charge in [-0.3, -0.25) is 0 Å². The van der Waals surface area contributed by atoms with Crippen LogP contribution in [0.1, 0.15) is 25.6 Å². The van der Waals surface area contributed by atoms with E-state index in [1.165, 1.54) is 0 Å². The molecule has 0 saturated carbocycles. The molecule has 0 saturated heterocycles. The van der Waals surface area contributed by atoms with E-state index in [2.05, 4.69) is 22.8 Å². The molecule has 0 amide bonds. The summed E-state index contributed by atoms with van der Waals surface area (Å²) in [4.78, 5) is 8.31. The number of nitrogens with zero attached hydrogens (tertiary/aromatic N) is 2. The third kappa shape index (κ3) is 3.86. The Hall–Kier alpha value is -1.76. The van der Waals surface area contributed by atoms with Gasteiger partial charge in [-0.25, -0.2) is 4.98 Å². The highest BCUT2D eigenvalue weighted by Gasteiger charge is 2.02. The largest absolute Gasteiger partial charge is 0.477 e. The van der Waals surface area contributed by atoms with Crippen LogP contribution in [0.2, 0.25) is 0 Å². The molecular formula is C11H15N3O. The van der Waals surface area contributed by atoms with Crippen molar-refractivity contribution in [1.29, 1.82) is 0 Å². The summed E-state index contributed by atoms with van der Waals surface area (Å²) in [6.45, 7) is 2.52. The van der Waals surface area contributed by atoms with Crippen LogP contribution in [0, 0.1) is 12.3 Å². The maximum Gasteiger partial charge on any atom is 0.218 e. The second-order valence-corrected chi connectivity index (χ2v) is 3.10. The fourth-order valence-corrected chi connectivity index (χ4v) is 1.12. The first-order valence-electron chi connectivity index (χ1n) is 4.96. The zero-order valence-corrected chi connectivity index (χ0v) is 8.86. The van der Waals surface area contributed by atoms with Crippen LogP contribution in [0.5, 0.6) is 5.88 Å². The number of aromatic nitrogens is 2. The molecule has 1 aromatic heterocycles. The Labute approximate surface area is 89.9 Å². The topological polar surface area (TPSA) is 61.0 Å². The highest BCUT2D eigenvalue weighted by molar-refractivity contribution is 5.32. The summed E-state index contributed by atoms with van der Waals surface area (Å²) in [5.74, 6) is 4.14. The summed E-state index contributed by atoms with van der Waals surface area (Å²) in [6.07, 6.45) is 7.46. The lowest BCUT2D eigenvalue weighted by atomic mass is 10.3. The van der Waals surface area contributed by atoms with E-state index in [4.69, 9.17) is 16.9 Å². The Morgan fingerprint density at radius 1 is 1.53 bits per heavy atom. The molecule has 4 heteroatoms. The van der Waals surface area contributed by atoms with E-state index in [1.807, 2.05) is 0 Å². The maximum atomic E-state index is 5.62. The van der Waals surface area contributed by atoms with E-state index in [1.54, 1.807) is 6.07 Å². The van der Waals surface area contributed by atoms with Crippen molar-refractivity contribution >= 4 is 5.82 Å². The van der Waals surface area contributed by atoms with E-state index in [-0.39, 0.29) is 0 Å². The number of aryl methyl sites for hydroxylation is 1. The Kier molecular flexibility index (Phi) is 4.42. The number of anilines is 1. The van der Waals surface area contributed by atoms with E-state index in [9.17, 15) is 0 Å². The molecular weight excluding hydrogens is 190 g/mol. The molecule has 0 aliphatic rings. The van der Waals surface area contributed by atoms with Crippen LogP contribution in [0.25, 0.3) is 0 Å². The standard InChI is InChI=1S/C11H15N3O/c1-3-5-7-15-11-8-9(12)13-10(14-11)6-4-2/h1,8H,4-7H2,2H3,(H2,12,13,14). The van der Waals surface area contributed by atoms with Crippen LogP contribution < -0.4 is 10.5 Å². The molecule has 15 heavy (non-hydrogen) atoms. The van der Waals surface area contributed by atoms with Crippen molar-refractivity contribution in [2.45, 2.75) is 26.2 Å². The number of nitrogens with two attached hydrogens (primary N) is 1. The number of hydrogen-bond acceptors (Lipinski definition) is 4. The second-order valence-electron chi connectivity index (χ2n) is 3.10. The van der Waals surface area contributed by atoms with Crippen molar-refractivity contribution in [3.8, 4) is 18.2 Å². The first-order valence-corrected chi connectivity index (χ1v) is 4.96. The van der Waals surface area contributed by atoms with Gasteiger partial charge < -0.3 is 10.5 Å². The van der Waals surface area contributed by atoms with Crippen LogP contribution in [0.15, 0.2) is 6.07 Å². The molecule has 0 fully saturated rings. The van der Waals surface area contributed by atoms with Gasteiger partial charge in [-0.1, -0.05) is 6.92 Å². The molecule has 1 heterocycles.